The molecular weight excluding hydrogens is 420 g/mol. The van der Waals surface area contributed by atoms with Crippen LogP contribution in [0.1, 0.15) is 36.8 Å². The van der Waals surface area contributed by atoms with Crippen LogP contribution in [-0.2, 0) is 27.3 Å². The van der Waals surface area contributed by atoms with E-state index in [1.54, 1.807) is 17.9 Å². The molecule has 30 heavy (non-hydrogen) atoms. The number of nitrogens with one attached hydrogen (secondary N) is 2. The highest BCUT2D eigenvalue weighted by molar-refractivity contribution is 8.00. The van der Waals surface area contributed by atoms with Crippen LogP contribution in [0.5, 0.6) is 0 Å². The quantitative estimate of drug-likeness (QED) is 0.689. The van der Waals surface area contributed by atoms with E-state index in [-0.39, 0.29) is 17.7 Å². The highest BCUT2D eigenvalue weighted by Gasteiger charge is 2.27. The third-order valence-electron chi connectivity index (χ3n) is 4.69. The largest absolute Gasteiger partial charge is 0.337 e. The van der Waals surface area contributed by atoms with Gasteiger partial charge in [-0.1, -0.05) is 6.07 Å². The summed E-state index contributed by atoms with van der Waals surface area (Å²) in [7, 11) is 0. The Morgan fingerprint density at radius 2 is 2.03 bits per heavy atom. The maximum absolute atomic E-state index is 12.8. The molecule has 3 amide bonds. The minimum atomic E-state index is -0.406. The highest BCUT2D eigenvalue weighted by Crippen LogP contribution is 2.37. The van der Waals surface area contributed by atoms with Crippen LogP contribution in [0.3, 0.4) is 0 Å². The Hall–Kier alpha value is -2.83. The predicted octanol–water partition coefficient (Wildman–Crippen LogP) is 3.60. The van der Waals surface area contributed by atoms with Gasteiger partial charge in [-0.3, -0.25) is 14.4 Å². The molecule has 2 N–H and O–H groups in total. The fourth-order valence-electron chi connectivity index (χ4n) is 3.20. The van der Waals surface area contributed by atoms with Crippen LogP contribution in [-0.4, -0.2) is 34.4 Å². The molecule has 1 aromatic carbocycles. The lowest BCUT2D eigenvalue weighted by atomic mass is 10.0. The lowest BCUT2D eigenvalue weighted by Gasteiger charge is -2.25. The van der Waals surface area contributed by atoms with Crippen molar-refractivity contribution in [2.24, 2.45) is 0 Å². The molecule has 1 aliphatic heterocycles. The van der Waals surface area contributed by atoms with Gasteiger partial charge >= 0.3 is 0 Å². The van der Waals surface area contributed by atoms with Crippen LogP contribution >= 0.6 is 23.1 Å². The Labute approximate surface area is 183 Å². The third kappa shape index (κ3) is 5.01. The Morgan fingerprint density at radius 3 is 2.70 bits per heavy atom. The molecule has 1 aromatic heterocycles. The Bertz CT molecular complexity index is 1040. The van der Waals surface area contributed by atoms with Gasteiger partial charge in [0.05, 0.1) is 17.4 Å². The first-order valence-corrected chi connectivity index (χ1v) is 11.1. The van der Waals surface area contributed by atoms with E-state index in [1.807, 2.05) is 18.2 Å². The average molecular weight is 443 g/mol. The maximum Gasteiger partial charge on any atom is 0.238 e. The third-order valence-corrected chi connectivity index (χ3v) is 6.91. The summed E-state index contributed by atoms with van der Waals surface area (Å²) in [5.41, 5.74) is 2.10. The standard InChI is InChI=1S/C21H22N4O3S2/c1-12(29-16-6-4-5-15(9-16)23-13(2)26)20(28)24-21-18(10-22)17-7-8-25(14(3)27)11-19(17)30-21/h4-6,9,12H,7-8,11H2,1-3H3,(H,23,26)(H,24,28). The zero-order chi connectivity index (χ0) is 21.8. The SMILES string of the molecule is CC(=O)Nc1cccc(SC(C)C(=O)Nc2sc3c(c2C#N)CCN(C(C)=O)C3)c1. The van der Waals surface area contributed by atoms with Crippen LogP contribution in [0.25, 0.3) is 0 Å². The second-order valence-electron chi connectivity index (χ2n) is 6.97. The smallest absolute Gasteiger partial charge is 0.238 e. The van der Waals surface area contributed by atoms with Crippen molar-refractivity contribution in [3.63, 3.8) is 0 Å². The number of rotatable bonds is 5. The molecule has 1 atom stereocenters. The van der Waals surface area contributed by atoms with Crippen LogP contribution in [0, 0.1) is 11.3 Å². The van der Waals surface area contributed by atoms with Crippen molar-refractivity contribution in [3.05, 3.63) is 40.3 Å². The number of carbonyl (C=O) groups is 3. The predicted molar refractivity (Wildman–Crippen MR) is 119 cm³/mol. The Balaban J connectivity index is 1.71. The number of anilines is 2. The second kappa shape index (κ2) is 9.32. The normalized spacial score (nSPS) is 13.7. The lowest BCUT2D eigenvalue weighted by Crippen LogP contribution is -2.33. The van der Waals surface area contributed by atoms with Crippen LogP contribution in [0.4, 0.5) is 10.7 Å². The van der Waals surface area contributed by atoms with Crippen LogP contribution in [0.2, 0.25) is 0 Å². The van der Waals surface area contributed by atoms with Crippen molar-refractivity contribution in [1.29, 1.82) is 5.26 Å². The van der Waals surface area contributed by atoms with E-state index in [0.29, 0.717) is 35.8 Å². The van der Waals surface area contributed by atoms with Gasteiger partial charge in [0.25, 0.3) is 0 Å². The zero-order valence-corrected chi connectivity index (χ0v) is 18.6. The molecule has 0 fully saturated rings. The summed E-state index contributed by atoms with van der Waals surface area (Å²) in [5, 5.41) is 15.4. The van der Waals surface area contributed by atoms with Crippen LogP contribution < -0.4 is 10.6 Å². The van der Waals surface area contributed by atoms with Gasteiger partial charge in [0, 0.05) is 35.9 Å². The summed E-state index contributed by atoms with van der Waals surface area (Å²) in [6.45, 7) is 5.82. The van der Waals surface area contributed by atoms with Gasteiger partial charge in [0.2, 0.25) is 17.7 Å². The number of benzene rings is 1. The molecule has 1 aliphatic rings. The van der Waals surface area contributed by atoms with Gasteiger partial charge in [0.1, 0.15) is 11.1 Å². The van der Waals surface area contributed by atoms with Gasteiger partial charge in [-0.2, -0.15) is 5.26 Å². The van der Waals surface area contributed by atoms with E-state index >= 15 is 0 Å². The summed E-state index contributed by atoms with van der Waals surface area (Å²) >= 11 is 2.73. The molecule has 0 spiro atoms. The Morgan fingerprint density at radius 1 is 1.27 bits per heavy atom. The van der Waals surface area contributed by atoms with E-state index in [0.717, 1.165) is 15.3 Å². The van der Waals surface area contributed by atoms with Gasteiger partial charge in [-0.05, 0) is 37.1 Å². The first kappa shape index (κ1) is 21.9. The molecule has 2 aromatic rings. The number of nitriles is 1. The van der Waals surface area contributed by atoms with Gasteiger partial charge in [0.15, 0.2) is 0 Å². The molecular formula is C21H22N4O3S2. The minimum Gasteiger partial charge on any atom is -0.337 e. The summed E-state index contributed by atoms with van der Waals surface area (Å²) in [5.74, 6) is -0.356. The Kier molecular flexibility index (Phi) is 6.80. The number of carbonyl (C=O) groups excluding carboxylic acids is 3. The van der Waals surface area contributed by atoms with Gasteiger partial charge in [-0.15, -0.1) is 23.1 Å². The van der Waals surface area contributed by atoms with E-state index < -0.39 is 5.25 Å². The van der Waals surface area contributed by atoms with E-state index in [1.165, 1.54) is 36.9 Å². The molecule has 1 unspecified atom stereocenters. The number of fused-ring (bicyclic) bond motifs is 1. The summed E-state index contributed by atoms with van der Waals surface area (Å²) in [6, 6.07) is 9.51. The van der Waals surface area contributed by atoms with Crippen molar-refractivity contribution in [2.45, 2.75) is 43.9 Å². The maximum atomic E-state index is 12.8. The minimum absolute atomic E-state index is 0.00431. The van der Waals surface area contributed by atoms with Crippen molar-refractivity contribution in [3.8, 4) is 6.07 Å². The van der Waals surface area contributed by atoms with Crippen molar-refractivity contribution < 1.29 is 14.4 Å². The second-order valence-corrected chi connectivity index (χ2v) is 9.49. The molecule has 156 valence electrons. The first-order chi connectivity index (χ1) is 14.3. The monoisotopic (exact) mass is 442 g/mol. The fourth-order valence-corrected chi connectivity index (χ4v) is 5.34. The van der Waals surface area contributed by atoms with Crippen molar-refractivity contribution in [1.82, 2.24) is 4.90 Å². The lowest BCUT2D eigenvalue weighted by molar-refractivity contribution is -0.129. The molecule has 0 saturated carbocycles. The summed E-state index contributed by atoms with van der Waals surface area (Å²) in [4.78, 5) is 39.2. The molecule has 0 radical (unpaired) electrons. The summed E-state index contributed by atoms with van der Waals surface area (Å²) < 4.78 is 0. The van der Waals surface area contributed by atoms with Gasteiger partial charge in [-0.25, -0.2) is 0 Å². The van der Waals surface area contributed by atoms with Crippen molar-refractivity contribution >= 4 is 51.5 Å². The topological polar surface area (TPSA) is 102 Å². The number of thioether (sulfide) groups is 1. The van der Waals surface area contributed by atoms with E-state index in [4.69, 9.17) is 0 Å². The molecule has 0 bridgehead atoms. The molecule has 9 heteroatoms. The molecule has 0 aliphatic carbocycles. The number of thiophene rings is 1. The highest BCUT2D eigenvalue weighted by atomic mass is 32.2. The van der Waals surface area contributed by atoms with E-state index in [9.17, 15) is 19.6 Å². The van der Waals surface area contributed by atoms with Crippen molar-refractivity contribution in [2.75, 3.05) is 17.2 Å². The first-order valence-electron chi connectivity index (χ1n) is 9.43. The zero-order valence-electron chi connectivity index (χ0n) is 16.9. The van der Waals surface area contributed by atoms with Crippen LogP contribution in [0.15, 0.2) is 29.2 Å². The molecule has 2 heterocycles. The summed E-state index contributed by atoms with van der Waals surface area (Å²) in [6.07, 6.45) is 0.615. The molecule has 3 rings (SSSR count). The number of nitrogens with zero attached hydrogens (tertiary/aromatic N) is 2. The van der Waals surface area contributed by atoms with E-state index in [2.05, 4.69) is 16.7 Å². The molecule has 7 nitrogen and oxygen atoms in total. The number of hydrogen-bond donors (Lipinski definition) is 2. The molecule has 0 saturated heterocycles. The average Bonchev–Trinajstić information content (AvgIpc) is 3.03. The van der Waals surface area contributed by atoms with Gasteiger partial charge < -0.3 is 15.5 Å². The number of hydrogen-bond acceptors (Lipinski definition) is 6. The number of amides is 3. The fraction of sp³-hybridized carbons (Fsp3) is 0.333.